The van der Waals surface area contributed by atoms with Crippen LogP contribution in [0.4, 0.5) is 0 Å². The van der Waals surface area contributed by atoms with E-state index in [1.165, 1.54) is 0 Å². The van der Waals surface area contributed by atoms with Gasteiger partial charge in [0.1, 0.15) is 4.34 Å². The SMILES string of the molecule is CN=C(NCCCSc1nccs1)NCc1ccc2c(c1)OCO2.I. The summed E-state index contributed by atoms with van der Waals surface area (Å²) >= 11 is 3.47. The first kappa shape index (κ1) is 20.1. The van der Waals surface area contributed by atoms with Crippen LogP contribution in [0.15, 0.2) is 39.1 Å². The molecule has 9 heteroatoms. The van der Waals surface area contributed by atoms with Crippen molar-refractivity contribution in [1.29, 1.82) is 0 Å². The van der Waals surface area contributed by atoms with Gasteiger partial charge in [-0.2, -0.15) is 0 Å². The molecule has 0 saturated carbocycles. The summed E-state index contributed by atoms with van der Waals surface area (Å²) < 4.78 is 11.8. The number of thiazole rings is 1. The topological polar surface area (TPSA) is 67.8 Å². The van der Waals surface area contributed by atoms with Crippen molar-refractivity contribution in [3.8, 4) is 11.5 Å². The second-order valence-electron chi connectivity index (χ2n) is 5.04. The Balaban J connectivity index is 0.00000225. The standard InChI is InChI=1S/C16H20N4O2S2.HI/c1-17-15(18-5-2-7-23-16-19-6-8-24-16)20-10-12-3-4-13-14(9-12)22-11-21-13;/h3-4,6,8-9H,2,5,7,10-11H2,1H3,(H2,17,18,20);1H. The molecule has 1 aliphatic heterocycles. The summed E-state index contributed by atoms with van der Waals surface area (Å²) in [5.74, 6) is 3.45. The average molecular weight is 492 g/mol. The van der Waals surface area contributed by atoms with Crippen LogP contribution in [-0.2, 0) is 6.54 Å². The molecule has 0 unspecified atom stereocenters. The number of aromatic nitrogens is 1. The molecule has 0 amide bonds. The number of benzene rings is 1. The van der Waals surface area contributed by atoms with E-state index in [4.69, 9.17) is 9.47 Å². The van der Waals surface area contributed by atoms with E-state index in [2.05, 4.69) is 20.6 Å². The number of thioether (sulfide) groups is 1. The third kappa shape index (κ3) is 6.23. The molecule has 2 N–H and O–H groups in total. The summed E-state index contributed by atoms with van der Waals surface area (Å²) in [6.45, 7) is 1.86. The summed E-state index contributed by atoms with van der Waals surface area (Å²) in [5.41, 5.74) is 1.13. The third-order valence-electron chi connectivity index (χ3n) is 3.37. The molecule has 0 aliphatic carbocycles. The average Bonchev–Trinajstić information content (AvgIpc) is 3.28. The van der Waals surface area contributed by atoms with Gasteiger partial charge in [-0.3, -0.25) is 4.99 Å². The third-order valence-corrected chi connectivity index (χ3v) is 5.42. The summed E-state index contributed by atoms with van der Waals surface area (Å²) in [6, 6.07) is 5.96. The molecule has 2 aromatic rings. The molecule has 2 heterocycles. The van der Waals surface area contributed by atoms with Crippen LogP contribution in [0.3, 0.4) is 0 Å². The molecule has 136 valence electrons. The Labute approximate surface area is 172 Å². The highest BCUT2D eigenvalue weighted by molar-refractivity contribution is 14.0. The first-order valence-electron chi connectivity index (χ1n) is 7.70. The van der Waals surface area contributed by atoms with E-state index in [0.29, 0.717) is 13.3 Å². The predicted molar refractivity (Wildman–Crippen MR) is 114 cm³/mol. The van der Waals surface area contributed by atoms with Crippen molar-refractivity contribution < 1.29 is 9.47 Å². The van der Waals surface area contributed by atoms with Gasteiger partial charge in [0.15, 0.2) is 17.5 Å². The Bertz CT molecular complexity index is 683. The molecule has 25 heavy (non-hydrogen) atoms. The Morgan fingerprint density at radius 3 is 3.00 bits per heavy atom. The number of hydrogen-bond donors (Lipinski definition) is 2. The molecule has 1 aromatic heterocycles. The lowest BCUT2D eigenvalue weighted by atomic mass is 10.2. The molecule has 0 radical (unpaired) electrons. The van der Waals surface area contributed by atoms with Crippen LogP contribution in [0, 0.1) is 0 Å². The first-order chi connectivity index (χ1) is 11.8. The van der Waals surface area contributed by atoms with Gasteiger partial charge in [-0.1, -0.05) is 17.8 Å². The number of guanidine groups is 1. The second-order valence-corrected chi connectivity index (χ2v) is 7.28. The van der Waals surface area contributed by atoms with Crippen molar-refractivity contribution >= 4 is 53.0 Å². The van der Waals surface area contributed by atoms with Crippen LogP contribution in [-0.4, -0.2) is 37.1 Å². The van der Waals surface area contributed by atoms with Gasteiger partial charge in [0.2, 0.25) is 6.79 Å². The maximum Gasteiger partial charge on any atom is 0.231 e. The highest BCUT2D eigenvalue weighted by Gasteiger charge is 2.13. The lowest BCUT2D eigenvalue weighted by Crippen LogP contribution is -2.37. The highest BCUT2D eigenvalue weighted by atomic mass is 127. The van der Waals surface area contributed by atoms with Gasteiger partial charge in [0, 0.05) is 37.5 Å². The molecular formula is C16H21IN4O2S2. The van der Waals surface area contributed by atoms with Gasteiger partial charge in [-0.05, 0) is 24.1 Å². The van der Waals surface area contributed by atoms with Crippen molar-refractivity contribution in [2.24, 2.45) is 4.99 Å². The molecule has 0 saturated heterocycles. The number of halogens is 1. The molecule has 1 aromatic carbocycles. The Morgan fingerprint density at radius 2 is 2.20 bits per heavy atom. The number of hydrogen-bond acceptors (Lipinski definition) is 6. The molecule has 0 fully saturated rings. The van der Waals surface area contributed by atoms with Crippen LogP contribution < -0.4 is 20.1 Å². The van der Waals surface area contributed by atoms with E-state index in [1.807, 2.05) is 29.8 Å². The fourth-order valence-corrected chi connectivity index (χ4v) is 3.82. The lowest BCUT2D eigenvalue weighted by Gasteiger charge is -2.12. The first-order valence-corrected chi connectivity index (χ1v) is 9.57. The van der Waals surface area contributed by atoms with Crippen molar-refractivity contribution in [3.63, 3.8) is 0 Å². The fourth-order valence-electron chi connectivity index (χ4n) is 2.18. The zero-order valence-electron chi connectivity index (χ0n) is 13.9. The summed E-state index contributed by atoms with van der Waals surface area (Å²) in [7, 11) is 1.78. The van der Waals surface area contributed by atoms with Gasteiger partial charge in [0.25, 0.3) is 0 Å². The van der Waals surface area contributed by atoms with Crippen LogP contribution in [0.1, 0.15) is 12.0 Å². The number of nitrogens with one attached hydrogen (secondary N) is 2. The quantitative estimate of drug-likeness (QED) is 0.203. The minimum atomic E-state index is 0. The van der Waals surface area contributed by atoms with E-state index in [1.54, 1.807) is 30.1 Å². The minimum Gasteiger partial charge on any atom is -0.454 e. The number of ether oxygens (including phenoxy) is 2. The van der Waals surface area contributed by atoms with E-state index in [9.17, 15) is 0 Å². The van der Waals surface area contributed by atoms with E-state index < -0.39 is 0 Å². The van der Waals surface area contributed by atoms with E-state index in [-0.39, 0.29) is 24.0 Å². The van der Waals surface area contributed by atoms with Crippen LogP contribution in [0.25, 0.3) is 0 Å². The zero-order chi connectivity index (χ0) is 16.6. The molecule has 0 bridgehead atoms. The molecule has 3 rings (SSSR count). The molecule has 1 aliphatic rings. The number of fused-ring (bicyclic) bond motifs is 1. The van der Waals surface area contributed by atoms with Gasteiger partial charge >= 0.3 is 0 Å². The monoisotopic (exact) mass is 492 g/mol. The number of rotatable bonds is 7. The summed E-state index contributed by atoms with van der Waals surface area (Å²) in [5, 5.41) is 8.63. The van der Waals surface area contributed by atoms with Crippen molar-refractivity contribution in [3.05, 3.63) is 35.3 Å². The van der Waals surface area contributed by atoms with Crippen molar-refractivity contribution in [1.82, 2.24) is 15.6 Å². The smallest absolute Gasteiger partial charge is 0.231 e. The second kappa shape index (κ2) is 10.7. The fraction of sp³-hybridized carbons (Fsp3) is 0.375. The molecule has 6 nitrogen and oxygen atoms in total. The Hall–Kier alpha value is -1.20. The molecule has 0 spiro atoms. The van der Waals surface area contributed by atoms with Gasteiger partial charge in [0.05, 0.1) is 0 Å². The van der Waals surface area contributed by atoms with Gasteiger partial charge in [-0.25, -0.2) is 4.98 Å². The zero-order valence-corrected chi connectivity index (χ0v) is 17.8. The van der Waals surface area contributed by atoms with Crippen molar-refractivity contribution in [2.45, 2.75) is 17.3 Å². The molecule has 0 atom stereocenters. The highest BCUT2D eigenvalue weighted by Crippen LogP contribution is 2.32. The normalized spacial score (nSPS) is 12.6. The minimum absolute atomic E-state index is 0. The van der Waals surface area contributed by atoms with Gasteiger partial charge < -0.3 is 20.1 Å². The predicted octanol–water partition coefficient (Wildman–Crippen LogP) is 3.34. The molecular weight excluding hydrogens is 471 g/mol. The van der Waals surface area contributed by atoms with Gasteiger partial charge in [-0.15, -0.1) is 35.3 Å². The Kier molecular flexibility index (Phi) is 8.62. The van der Waals surface area contributed by atoms with Crippen LogP contribution in [0.2, 0.25) is 0 Å². The number of nitrogens with zero attached hydrogens (tertiary/aromatic N) is 2. The van der Waals surface area contributed by atoms with Crippen LogP contribution in [0.5, 0.6) is 11.5 Å². The van der Waals surface area contributed by atoms with Crippen molar-refractivity contribution in [2.75, 3.05) is 26.1 Å². The summed E-state index contributed by atoms with van der Waals surface area (Å²) in [4.78, 5) is 8.50. The van der Waals surface area contributed by atoms with E-state index in [0.717, 1.165) is 46.1 Å². The largest absolute Gasteiger partial charge is 0.454 e. The maximum atomic E-state index is 5.39. The van der Waals surface area contributed by atoms with Crippen LogP contribution >= 0.6 is 47.1 Å². The lowest BCUT2D eigenvalue weighted by molar-refractivity contribution is 0.174. The van der Waals surface area contributed by atoms with E-state index >= 15 is 0 Å². The Morgan fingerprint density at radius 1 is 1.32 bits per heavy atom. The number of aliphatic imine (C=N–C) groups is 1. The summed E-state index contributed by atoms with van der Waals surface area (Å²) in [6.07, 6.45) is 2.89. The maximum absolute atomic E-state index is 5.39.